The van der Waals surface area contributed by atoms with Crippen LogP contribution in [0.5, 0.6) is 0 Å². The van der Waals surface area contributed by atoms with E-state index in [1.54, 1.807) is 6.92 Å². The average molecular weight is 216 g/mol. The van der Waals surface area contributed by atoms with Gasteiger partial charge in [-0.1, -0.05) is 18.7 Å². The molecule has 0 aliphatic rings. The molecule has 0 N–H and O–H groups in total. The molecule has 0 spiro atoms. The van der Waals surface area contributed by atoms with Crippen LogP contribution in [0.25, 0.3) is 0 Å². The molecule has 0 fully saturated rings. The van der Waals surface area contributed by atoms with E-state index in [0.717, 1.165) is 30.0 Å². The summed E-state index contributed by atoms with van der Waals surface area (Å²) in [6.07, 6.45) is 0.404. The largest absolute Gasteiger partial charge is 0.287 e. The summed E-state index contributed by atoms with van der Waals surface area (Å²) < 4.78 is 25.7. The predicted octanol–water partition coefficient (Wildman–Crippen LogP) is 3.13. The van der Waals surface area contributed by atoms with Gasteiger partial charge in [0.2, 0.25) is 0 Å². The van der Waals surface area contributed by atoms with E-state index in [-0.39, 0.29) is 16.4 Å². The van der Waals surface area contributed by atoms with Crippen LogP contribution < -0.4 is 0 Å². The second kappa shape index (κ2) is 5.10. The summed E-state index contributed by atoms with van der Waals surface area (Å²) in [6.45, 7) is 1.73. The van der Waals surface area contributed by atoms with Crippen LogP contribution in [-0.4, -0.2) is 5.12 Å². The molecule has 1 rings (SSSR count). The first kappa shape index (κ1) is 11.2. The van der Waals surface area contributed by atoms with Gasteiger partial charge in [-0.15, -0.1) is 0 Å². The number of thioether (sulfide) groups is 1. The van der Waals surface area contributed by atoms with Gasteiger partial charge < -0.3 is 0 Å². The van der Waals surface area contributed by atoms with Crippen molar-refractivity contribution >= 4 is 16.9 Å². The number of carbonyl (C=O) groups is 1. The Labute approximate surface area is 85.5 Å². The number of benzene rings is 1. The topological polar surface area (TPSA) is 17.1 Å². The summed E-state index contributed by atoms with van der Waals surface area (Å²) in [5.74, 6) is -0.759. The number of hydrogen-bond donors (Lipinski definition) is 0. The van der Waals surface area contributed by atoms with Crippen LogP contribution in [0.15, 0.2) is 18.2 Å². The highest BCUT2D eigenvalue weighted by atomic mass is 32.2. The van der Waals surface area contributed by atoms with Crippen molar-refractivity contribution < 1.29 is 13.6 Å². The Hall–Kier alpha value is -0.900. The van der Waals surface area contributed by atoms with Crippen molar-refractivity contribution in [2.45, 2.75) is 19.1 Å². The summed E-state index contributed by atoms with van der Waals surface area (Å²) in [7, 11) is 0. The van der Waals surface area contributed by atoms with Gasteiger partial charge in [-0.25, -0.2) is 8.78 Å². The van der Waals surface area contributed by atoms with Gasteiger partial charge in [-0.2, -0.15) is 0 Å². The minimum Gasteiger partial charge on any atom is -0.287 e. The lowest BCUT2D eigenvalue weighted by Gasteiger charge is -2.01. The second-order valence-electron chi connectivity index (χ2n) is 2.75. The van der Waals surface area contributed by atoms with Gasteiger partial charge in [0, 0.05) is 17.7 Å². The van der Waals surface area contributed by atoms with Gasteiger partial charge in [0.05, 0.1) is 0 Å². The number of halogens is 2. The SMILES string of the molecule is CCC(=O)SCc1cc(F)ccc1F. The van der Waals surface area contributed by atoms with Crippen LogP contribution in [0, 0.1) is 11.6 Å². The average Bonchev–Trinajstić information content (AvgIpc) is 2.19. The van der Waals surface area contributed by atoms with Crippen molar-refractivity contribution in [3.8, 4) is 0 Å². The molecule has 14 heavy (non-hydrogen) atoms. The fraction of sp³-hybridized carbons (Fsp3) is 0.300. The molecule has 1 aromatic rings. The maximum Gasteiger partial charge on any atom is 0.188 e. The van der Waals surface area contributed by atoms with Crippen molar-refractivity contribution in [3.63, 3.8) is 0 Å². The third-order valence-corrected chi connectivity index (χ3v) is 2.75. The standard InChI is InChI=1S/C10H10F2OS/c1-2-10(13)14-6-7-5-8(11)3-4-9(7)12/h3-5H,2,6H2,1H3. The van der Waals surface area contributed by atoms with E-state index in [0.29, 0.717) is 6.42 Å². The smallest absolute Gasteiger partial charge is 0.188 e. The van der Waals surface area contributed by atoms with E-state index < -0.39 is 11.6 Å². The summed E-state index contributed by atoms with van der Waals surface area (Å²) in [5, 5.41) is -0.0198. The van der Waals surface area contributed by atoms with E-state index in [9.17, 15) is 13.6 Å². The van der Waals surface area contributed by atoms with Crippen LogP contribution in [0.1, 0.15) is 18.9 Å². The lowest BCUT2D eigenvalue weighted by Crippen LogP contribution is -1.93. The molecule has 0 aliphatic heterocycles. The maximum absolute atomic E-state index is 13.0. The van der Waals surface area contributed by atoms with Crippen LogP contribution in [0.3, 0.4) is 0 Å². The molecule has 0 saturated carbocycles. The zero-order valence-electron chi connectivity index (χ0n) is 7.72. The molecule has 76 valence electrons. The zero-order valence-corrected chi connectivity index (χ0v) is 8.54. The van der Waals surface area contributed by atoms with Gasteiger partial charge in [0.25, 0.3) is 0 Å². The normalized spacial score (nSPS) is 10.2. The zero-order chi connectivity index (χ0) is 10.6. The summed E-state index contributed by atoms with van der Waals surface area (Å²) in [5.41, 5.74) is 0.233. The number of rotatable bonds is 3. The summed E-state index contributed by atoms with van der Waals surface area (Å²) >= 11 is 1.01. The van der Waals surface area contributed by atoms with Gasteiger partial charge in [-0.05, 0) is 18.2 Å². The van der Waals surface area contributed by atoms with Gasteiger partial charge in [0.15, 0.2) is 5.12 Å². The Balaban J connectivity index is 2.66. The monoisotopic (exact) mass is 216 g/mol. The van der Waals surface area contributed by atoms with Crippen LogP contribution in [0.2, 0.25) is 0 Å². The number of carbonyl (C=O) groups excluding carboxylic acids is 1. The first-order valence-corrected chi connectivity index (χ1v) is 5.21. The van der Waals surface area contributed by atoms with E-state index in [1.807, 2.05) is 0 Å². The highest BCUT2D eigenvalue weighted by Crippen LogP contribution is 2.18. The van der Waals surface area contributed by atoms with E-state index in [4.69, 9.17) is 0 Å². The van der Waals surface area contributed by atoms with Crippen molar-refractivity contribution in [1.29, 1.82) is 0 Å². The molecule has 4 heteroatoms. The Bertz CT molecular complexity index is 339. The van der Waals surface area contributed by atoms with Crippen molar-refractivity contribution in [1.82, 2.24) is 0 Å². The first-order valence-electron chi connectivity index (χ1n) is 4.23. The fourth-order valence-corrected chi connectivity index (χ4v) is 1.66. The Morgan fingerprint density at radius 1 is 1.43 bits per heavy atom. The molecule has 0 bridgehead atoms. The molecule has 0 radical (unpaired) electrons. The molecule has 0 heterocycles. The molecule has 0 saturated heterocycles. The van der Waals surface area contributed by atoms with E-state index in [2.05, 4.69) is 0 Å². The molecule has 0 aliphatic carbocycles. The van der Waals surface area contributed by atoms with E-state index >= 15 is 0 Å². The van der Waals surface area contributed by atoms with Gasteiger partial charge in [0.1, 0.15) is 11.6 Å². The Morgan fingerprint density at radius 2 is 2.14 bits per heavy atom. The van der Waals surface area contributed by atoms with Crippen molar-refractivity contribution in [2.24, 2.45) is 0 Å². The molecule has 0 atom stereocenters. The predicted molar refractivity (Wildman–Crippen MR) is 53.0 cm³/mol. The quantitative estimate of drug-likeness (QED) is 0.772. The maximum atomic E-state index is 13.0. The lowest BCUT2D eigenvalue weighted by molar-refractivity contribution is -0.110. The summed E-state index contributed by atoms with van der Waals surface area (Å²) in [4.78, 5) is 10.9. The summed E-state index contributed by atoms with van der Waals surface area (Å²) in [6, 6.07) is 3.25. The number of hydrogen-bond acceptors (Lipinski definition) is 2. The minimum atomic E-state index is -0.481. The minimum absolute atomic E-state index is 0.0198. The first-order chi connectivity index (χ1) is 6.63. The molecular formula is C10H10F2OS. The Morgan fingerprint density at radius 3 is 2.79 bits per heavy atom. The highest BCUT2D eigenvalue weighted by Gasteiger charge is 2.06. The third-order valence-electron chi connectivity index (χ3n) is 1.69. The molecule has 0 unspecified atom stereocenters. The van der Waals surface area contributed by atoms with E-state index in [1.165, 1.54) is 0 Å². The van der Waals surface area contributed by atoms with Crippen molar-refractivity contribution in [3.05, 3.63) is 35.4 Å². The van der Waals surface area contributed by atoms with Gasteiger partial charge in [-0.3, -0.25) is 4.79 Å². The Kier molecular flexibility index (Phi) is 4.07. The molecular weight excluding hydrogens is 206 g/mol. The molecule has 1 nitrogen and oxygen atoms in total. The molecule has 0 aromatic heterocycles. The van der Waals surface area contributed by atoms with Crippen LogP contribution in [-0.2, 0) is 10.5 Å². The van der Waals surface area contributed by atoms with Crippen LogP contribution in [0.4, 0.5) is 8.78 Å². The third kappa shape index (κ3) is 3.10. The van der Waals surface area contributed by atoms with Gasteiger partial charge >= 0.3 is 0 Å². The lowest BCUT2D eigenvalue weighted by atomic mass is 10.2. The van der Waals surface area contributed by atoms with Crippen LogP contribution >= 0.6 is 11.8 Å². The molecule has 1 aromatic carbocycles. The molecule has 0 amide bonds. The van der Waals surface area contributed by atoms with Crippen molar-refractivity contribution in [2.75, 3.05) is 0 Å². The fourth-order valence-electron chi connectivity index (χ4n) is 0.914. The second-order valence-corrected chi connectivity index (χ2v) is 3.78. The highest BCUT2D eigenvalue weighted by molar-refractivity contribution is 8.12.